The van der Waals surface area contributed by atoms with Crippen molar-refractivity contribution in [2.24, 2.45) is 0 Å². The molecule has 0 amide bonds. The number of benzene rings is 1. The zero-order valence-corrected chi connectivity index (χ0v) is 13.1. The molecule has 0 N–H and O–H groups in total. The van der Waals surface area contributed by atoms with Gasteiger partial charge >= 0.3 is 5.97 Å². The number of rotatable bonds is 4. The summed E-state index contributed by atoms with van der Waals surface area (Å²) in [6.45, 7) is -0.306. The third-order valence-corrected chi connectivity index (χ3v) is 3.70. The summed E-state index contributed by atoms with van der Waals surface area (Å²) in [5, 5.41) is 0.633. The molecule has 0 aliphatic carbocycles. The van der Waals surface area contributed by atoms with Gasteiger partial charge in [0.05, 0.1) is 16.2 Å². The molecule has 0 radical (unpaired) electrons. The second kappa shape index (κ2) is 7.06. The first-order chi connectivity index (χ1) is 10.0. The number of esters is 1. The van der Waals surface area contributed by atoms with E-state index in [9.17, 15) is 9.18 Å². The highest BCUT2D eigenvalue weighted by atomic mass is 35.5. The van der Waals surface area contributed by atoms with E-state index in [0.29, 0.717) is 5.16 Å². The third kappa shape index (κ3) is 3.84. The fraction of sp³-hybridized carbons (Fsp3) is 0.154. The van der Waals surface area contributed by atoms with Crippen molar-refractivity contribution >= 4 is 40.9 Å². The zero-order chi connectivity index (χ0) is 15.4. The van der Waals surface area contributed by atoms with E-state index >= 15 is 0 Å². The number of halogens is 3. The standard InChI is InChI=1S/C13H9Cl2FN2O2S/c1-21-13-17-5-9(15)11(18-13)12(19)20-6-7-8(14)3-2-4-10(7)16/h2-5H,6H2,1H3. The third-order valence-electron chi connectivity index (χ3n) is 2.51. The molecule has 1 aromatic carbocycles. The largest absolute Gasteiger partial charge is 0.456 e. The van der Waals surface area contributed by atoms with Crippen LogP contribution in [0.5, 0.6) is 0 Å². The van der Waals surface area contributed by atoms with Crippen molar-refractivity contribution in [2.75, 3.05) is 6.26 Å². The van der Waals surface area contributed by atoms with Gasteiger partial charge in [0.15, 0.2) is 10.9 Å². The molecule has 8 heteroatoms. The quantitative estimate of drug-likeness (QED) is 0.475. The maximum Gasteiger partial charge on any atom is 0.359 e. The molecule has 21 heavy (non-hydrogen) atoms. The molecule has 0 saturated carbocycles. The van der Waals surface area contributed by atoms with Crippen LogP contribution >= 0.6 is 35.0 Å². The normalized spacial score (nSPS) is 10.5. The molecule has 1 heterocycles. The van der Waals surface area contributed by atoms with Gasteiger partial charge in [0, 0.05) is 5.56 Å². The SMILES string of the molecule is CSc1ncc(Cl)c(C(=O)OCc2c(F)cccc2Cl)n1. The van der Waals surface area contributed by atoms with E-state index in [-0.39, 0.29) is 27.9 Å². The van der Waals surface area contributed by atoms with Crippen LogP contribution in [-0.4, -0.2) is 22.2 Å². The molecule has 0 unspecified atom stereocenters. The summed E-state index contributed by atoms with van der Waals surface area (Å²) in [5.41, 5.74) is 0.0336. The van der Waals surface area contributed by atoms with Crippen molar-refractivity contribution in [3.05, 3.63) is 51.5 Å². The van der Waals surface area contributed by atoms with Crippen molar-refractivity contribution in [3.63, 3.8) is 0 Å². The maximum absolute atomic E-state index is 13.6. The fourth-order valence-corrected chi connectivity index (χ4v) is 2.20. The van der Waals surface area contributed by atoms with Gasteiger partial charge in [0.2, 0.25) is 0 Å². The number of nitrogens with zero attached hydrogens (tertiary/aromatic N) is 2. The predicted molar refractivity (Wildman–Crippen MR) is 79.4 cm³/mol. The van der Waals surface area contributed by atoms with Crippen molar-refractivity contribution in [2.45, 2.75) is 11.8 Å². The first-order valence-electron chi connectivity index (χ1n) is 5.69. The van der Waals surface area contributed by atoms with Crippen LogP contribution in [0.25, 0.3) is 0 Å². The smallest absolute Gasteiger partial charge is 0.359 e. The summed E-state index contributed by atoms with van der Waals surface area (Å²) in [6.07, 6.45) is 3.07. The van der Waals surface area contributed by atoms with Gasteiger partial charge < -0.3 is 4.74 Å². The molecular formula is C13H9Cl2FN2O2S. The molecule has 2 aromatic rings. The number of ether oxygens (including phenoxy) is 1. The van der Waals surface area contributed by atoms with Crippen molar-refractivity contribution in [1.29, 1.82) is 0 Å². The number of carbonyl (C=O) groups excluding carboxylic acids is 1. The van der Waals surface area contributed by atoms with E-state index in [1.807, 2.05) is 0 Å². The summed E-state index contributed by atoms with van der Waals surface area (Å²) in [6, 6.07) is 4.21. The van der Waals surface area contributed by atoms with Crippen LogP contribution in [0.3, 0.4) is 0 Å². The van der Waals surface area contributed by atoms with E-state index < -0.39 is 11.8 Å². The Morgan fingerprint density at radius 3 is 2.81 bits per heavy atom. The van der Waals surface area contributed by atoms with Crippen LogP contribution in [0.15, 0.2) is 29.6 Å². The van der Waals surface area contributed by atoms with Crippen molar-refractivity contribution in [3.8, 4) is 0 Å². The lowest BCUT2D eigenvalue weighted by Crippen LogP contribution is -2.10. The van der Waals surface area contributed by atoms with Crippen LogP contribution in [0, 0.1) is 5.82 Å². The van der Waals surface area contributed by atoms with Crippen LogP contribution in [0.4, 0.5) is 4.39 Å². The number of carbonyl (C=O) groups is 1. The number of hydrogen-bond acceptors (Lipinski definition) is 5. The van der Waals surface area contributed by atoms with Gasteiger partial charge in [-0.15, -0.1) is 0 Å². The fourth-order valence-electron chi connectivity index (χ4n) is 1.47. The minimum absolute atomic E-state index is 0.0662. The molecule has 4 nitrogen and oxygen atoms in total. The molecule has 0 fully saturated rings. The minimum atomic E-state index is -0.767. The van der Waals surface area contributed by atoms with Gasteiger partial charge in [-0.3, -0.25) is 0 Å². The topological polar surface area (TPSA) is 52.1 Å². The van der Waals surface area contributed by atoms with Crippen LogP contribution < -0.4 is 0 Å². The van der Waals surface area contributed by atoms with E-state index in [4.69, 9.17) is 27.9 Å². The predicted octanol–water partition coefficient (Wildman–Crippen LogP) is 4.00. The lowest BCUT2D eigenvalue weighted by atomic mass is 10.2. The number of thioether (sulfide) groups is 1. The van der Waals surface area contributed by atoms with E-state index in [2.05, 4.69) is 9.97 Å². The maximum atomic E-state index is 13.6. The van der Waals surface area contributed by atoms with Gasteiger partial charge in [0.1, 0.15) is 12.4 Å². The Labute approximate surface area is 134 Å². The van der Waals surface area contributed by atoms with Gasteiger partial charge in [0.25, 0.3) is 0 Å². The first-order valence-corrected chi connectivity index (χ1v) is 7.67. The number of hydrogen-bond donors (Lipinski definition) is 0. The molecule has 2 rings (SSSR count). The molecule has 0 bridgehead atoms. The highest BCUT2D eigenvalue weighted by Crippen LogP contribution is 2.22. The van der Waals surface area contributed by atoms with Gasteiger partial charge in [-0.05, 0) is 18.4 Å². The molecule has 0 atom stereocenters. The Bertz CT molecular complexity index is 665. The summed E-state index contributed by atoms with van der Waals surface area (Å²) >= 11 is 13.0. The van der Waals surface area contributed by atoms with E-state index in [1.54, 1.807) is 6.26 Å². The molecule has 0 saturated heterocycles. The molecule has 1 aromatic heterocycles. The Hall–Kier alpha value is -1.37. The highest BCUT2D eigenvalue weighted by molar-refractivity contribution is 7.98. The molecule has 0 aliphatic heterocycles. The summed E-state index contributed by atoms with van der Waals surface area (Å²) in [5.74, 6) is -1.31. The zero-order valence-electron chi connectivity index (χ0n) is 10.8. The van der Waals surface area contributed by atoms with Crippen LogP contribution in [0.1, 0.15) is 16.1 Å². The van der Waals surface area contributed by atoms with Crippen LogP contribution in [-0.2, 0) is 11.3 Å². The molecule has 110 valence electrons. The number of aromatic nitrogens is 2. The lowest BCUT2D eigenvalue weighted by Gasteiger charge is -2.08. The molecular weight excluding hydrogens is 338 g/mol. The summed E-state index contributed by atoms with van der Waals surface area (Å²) < 4.78 is 18.6. The Kier molecular flexibility index (Phi) is 5.39. The van der Waals surface area contributed by atoms with Crippen molar-refractivity contribution < 1.29 is 13.9 Å². The lowest BCUT2D eigenvalue weighted by molar-refractivity contribution is 0.0461. The Morgan fingerprint density at radius 2 is 2.14 bits per heavy atom. The first kappa shape index (κ1) is 16.0. The second-order valence-corrected chi connectivity index (χ2v) is 5.42. The second-order valence-electron chi connectivity index (χ2n) is 3.83. The Balaban J connectivity index is 2.15. The van der Waals surface area contributed by atoms with Crippen molar-refractivity contribution in [1.82, 2.24) is 9.97 Å². The highest BCUT2D eigenvalue weighted by Gasteiger charge is 2.17. The summed E-state index contributed by atoms with van der Waals surface area (Å²) in [7, 11) is 0. The van der Waals surface area contributed by atoms with Gasteiger partial charge in [-0.25, -0.2) is 19.2 Å². The van der Waals surface area contributed by atoms with Gasteiger partial charge in [-0.2, -0.15) is 0 Å². The van der Waals surface area contributed by atoms with E-state index in [1.165, 1.54) is 36.2 Å². The van der Waals surface area contributed by atoms with Gasteiger partial charge in [-0.1, -0.05) is 41.0 Å². The average Bonchev–Trinajstić information content (AvgIpc) is 2.47. The minimum Gasteiger partial charge on any atom is -0.456 e. The Morgan fingerprint density at radius 1 is 1.38 bits per heavy atom. The summed E-state index contributed by atoms with van der Waals surface area (Å²) in [4.78, 5) is 19.8. The monoisotopic (exact) mass is 346 g/mol. The van der Waals surface area contributed by atoms with E-state index in [0.717, 1.165) is 0 Å². The molecule has 0 spiro atoms. The molecule has 0 aliphatic rings. The average molecular weight is 347 g/mol. The van der Waals surface area contributed by atoms with Crippen LogP contribution in [0.2, 0.25) is 10.0 Å².